The first-order valence-corrected chi connectivity index (χ1v) is 7.18. The molecule has 1 amide bonds. The highest BCUT2D eigenvalue weighted by Gasteiger charge is 2.34. The average Bonchev–Trinajstić information content (AvgIpc) is 3.20. The van der Waals surface area contributed by atoms with Gasteiger partial charge in [-0.3, -0.25) is 4.79 Å². The third-order valence-corrected chi connectivity index (χ3v) is 3.45. The molecule has 1 atom stereocenters. The lowest BCUT2D eigenvalue weighted by molar-refractivity contribution is -0.133. The van der Waals surface area contributed by atoms with Crippen LogP contribution >= 0.6 is 0 Å². The van der Waals surface area contributed by atoms with E-state index in [1.165, 1.54) is 0 Å². The van der Waals surface area contributed by atoms with Crippen LogP contribution in [0.15, 0.2) is 30.3 Å². The van der Waals surface area contributed by atoms with Crippen molar-refractivity contribution in [2.45, 2.75) is 45.2 Å². The van der Waals surface area contributed by atoms with Crippen LogP contribution in [-0.4, -0.2) is 29.4 Å². The first-order valence-electron chi connectivity index (χ1n) is 7.18. The molecule has 1 aromatic carbocycles. The molecule has 1 fully saturated rings. The van der Waals surface area contributed by atoms with Gasteiger partial charge in [-0.05, 0) is 30.7 Å². The number of rotatable bonds is 6. The van der Waals surface area contributed by atoms with E-state index in [4.69, 9.17) is 5.73 Å². The summed E-state index contributed by atoms with van der Waals surface area (Å²) < 4.78 is 0. The van der Waals surface area contributed by atoms with E-state index >= 15 is 0 Å². The molecule has 2 rings (SSSR count). The summed E-state index contributed by atoms with van der Waals surface area (Å²) in [7, 11) is 0. The summed E-state index contributed by atoms with van der Waals surface area (Å²) in [5.74, 6) is 0.605. The van der Waals surface area contributed by atoms with Crippen molar-refractivity contribution < 1.29 is 4.79 Å². The summed E-state index contributed by atoms with van der Waals surface area (Å²) in [6.45, 7) is 5.11. The first kappa shape index (κ1) is 14.1. The van der Waals surface area contributed by atoms with E-state index in [-0.39, 0.29) is 5.91 Å². The van der Waals surface area contributed by atoms with Crippen molar-refractivity contribution in [2.75, 3.05) is 6.54 Å². The molecule has 2 N–H and O–H groups in total. The second-order valence-corrected chi connectivity index (χ2v) is 5.91. The minimum Gasteiger partial charge on any atom is -0.338 e. The van der Waals surface area contributed by atoms with Crippen molar-refractivity contribution in [3.63, 3.8) is 0 Å². The maximum Gasteiger partial charge on any atom is 0.240 e. The van der Waals surface area contributed by atoms with Crippen LogP contribution in [0.25, 0.3) is 0 Å². The van der Waals surface area contributed by atoms with Crippen LogP contribution in [0, 0.1) is 5.92 Å². The van der Waals surface area contributed by atoms with Gasteiger partial charge in [0.1, 0.15) is 0 Å². The second-order valence-electron chi connectivity index (χ2n) is 5.91. The summed E-state index contributed by atoms with van der Waals surface area (Å²) >= 11 is 0. The molecule has 3 heteroatoms. The number of benzene rings is 1. The molecule has 0 aromatic heterocycles. The quantitative estimate of drug-likeness (QED) is 0.852. The fourth-order valence-electron chi connectivity index (χ4n) is 2.37. The molecule has 0 heterocycles. The lowest BCUT2D eigenvalue weighted by Gasteiger charge is -2.27. The van der Waals surface area contributed by atoms with Gasteiger partial charge in [0.15, 0.2) is 0 Å². The summed E-state index contributed by atoms with van der Waals surface area (Å²) in [5.41, 5.74) is 7.23. The summed E-state index contributed by atoms with van der Waals surface area (Å²) in [4.78, 5) is 14.5. The van der Waals surface area contributed by atoms with Gasteiger partial charge in [-0.2, -0.15) is 0 Å². The van der Waals surface area contributed by atoms with Crippen LogP contribution in [0.4, 0.5) is 0 Å². The van der Waals surface area contributed by atoms with E-state index in [0.717, 1.165) is 24.9 Å². The van der Waals surface area contributed by atoms with Gasteiger partial charge in [0.25, 0.3) is 0 Å². The molecule has 0 spiro atoms. The molecule has 1 saturated carbocycles. The molecule has 104 valence electrons. The van der Waals surface area contributed by atoms with Crippen LogP contribution in [0.5, 0.6) is 0 Å². The molecule has 1 aliphatic carbocycles. The fraction of sp³-hybridized carbons (Fsp3) is 0.562. The SMILES string of the molecule is CC(C)CN(C(=O)[C@H](N)Cc1ccccc1)C1CC1. The third-order valence-electron chi connectivity index (χ3n) is 3.45. The average molecular weight is 260 g/mol. The molecule has 0 aliphatic heterocycles. The number of amides is 1. The largest absolute Gasteiger partial charge is 0.338 e. The Balaban J connectivity index is 1.96. The molecule has 0 bridgehead atoms. The van der Waals surface area contributed by atoms with Crippen molar-refractivity contribution in [2.24, 2.45) is 11.7 Å². The monoisotopic (exact) mass is 260 g/mol. The zero-order valence-electron chi connectivity index (χ0n) is 11.9. The van der Waals surface area contributed by atoms with Gasteiger partial charge in [-0.1, -0.05) is 44.2 Å². The van der Waals surface area contributed by atoms with E-state index in [2.05, 4.69) is 13.8 Å². The molecular formula is C16H24N2O. The van der Waals surface area contributed by atoms with Crippen LogP contribution < -0.4 is 5.73 Å². The summed E-state index contributed by atoms with van der Waals surface area (Å²) in [6.07, 6.45) is 2.90. The Kier molecular flexibility index (Phi) is 4.59. The van der Waals surface area contributed by atoms with Crippen molar-refractivity contribution >= 4 is 5.91 Å². The number of hydrogen-bond donors (Lipinski definition) is 1. The highest BCUT2D eigenvalue weighted by atomic mass is 16.2. The van der Waals surface area contributed by atoms with Crippen LogP contribution in [0.1, 0.15) is 32.3 Å². The van der Waals surface area contributed by atoms with Gasteiger partial charge >= 0.3 is 0 Å². The molecule has 3 nitrogen and oxygen atoms in total. The number of carbonyl (C=O) groups excluding carboxylic acids is 1. The Hall–Kier alpha value is -1.35. The molecule has 1 aliphatic rings. The molecule has 0 radical (unpaired) electrons. The predicted octanol–water partition coefficient (Wildman–Crippen LogP) is 2.20. The zero-order valence-corrected chi connectivity index (χ0v) is 11.9. The molecule has 0 saturated heterocycles. The highest BCUT2D eigenvalue weighted by Crippen LogP contribution is 2.28. The molecular weight excluding hydrogens is 236 g/mol. The lowest BCUT2D eigenvalue weighted by Crippen LogP contribution is -2.47. The van der Waals surface area contributed by atoms with E-state index in [0.29, 0.717) is 18.4 Å². The number of hydrogen-bond acceptors (Lipinski definition) is 2. The lowest BCUT2D eigenvalue weighted by atomic mass is 10.0. The van der Waals surface area contributed by atoms with E-state index < -0.39 is 6.04 Å². The Bertz CT molecular complexity index is 412. The first-order chi connectivity index (χ1) is 9.08. The van der Waals surface area contributed by atoms with Crippen LogP contribution in [0.2, 0.25) is 0 Å². The van der Waals surface area contributed by atoms with Crippen LogP contribution in [-0.2, 0) is 11.2 Å². The second kappa shape index (κ2) is 6.20. The van der Waals surface area contributed by atoms with Gasteiger partial charge < -0.3 is 10.6 Å². The Morgan fingerprint density at radius 2 is 1.95 bits per heavy atom. The smallest absolute Gasteiger partial charge is 0.240 e. The normalized spacial score (nSPS) is 16.4. The van der Waals surface area contributed by atoms with Gasteiger partial charge in [-0.15, -0.1) is 0 Å². The highest BCUT2D eigenvalue weighted by molar-refractivity contribution is 5.82. The number of carbonyl (C=O) groups is 1. The zero-order chi connectivity index (χ0) is 13.8. The van der Waals surface area contributed by atoms with Crippen molar-refractivity contribution in [1.29, 1.82) is 0 Å². The summed E-state index contributed by atoms with van der Waals surface area (Å²) in [5, 5.41) is 0. The Morgan fingerprint density at radius 3 is 2.47 bits per heavy atom. The fourth-order valence-corrected chi connectivity index (χ4v) is 2.37. The third kappa shape index (κ3) is 4.06. The predicted molar refractivity (Wildman–Crippen MR) is 77.7 cm³/mol. The van der Waals surface area contributed by atoms with Gasteiger partial charge in [0.05, 0.1) is 6.04 Å². The Morgan fingerprint density at radius 1 is 1.32 bits per heavy atom. The standard InChI is InChI=1S/C16H24N2O/c1-12(2)11-18(14-8-9-14)16(19)15(17)10-13-6-4-3-5-7-13/h3-7,12,14-15H,8-11,17H2,1-2H3/t15-/m1/s1. The van der Waals surface area contributed by atoms with E-state index in [9.17, 15) is 4.79 Å². The minimum atomic E-state index is -0.415. The topological polar surface area (TPSA) is 46.3 Å². The van der Waals surface area contributed by atoms with E-state index in [1.807, 2.05) is 35.2 Å². The summed E-state index contributed by atoms with van der Waals surface area (Å²) in [6, 6.07) is 10.0. The minimum absolute atomic E-state index is 0.111. The molecule has 0 unspecified atom stereocenters. The number of nitrogens with two attached hydrogens (primary N) is 1. The van der Waals surface area contributed by atoms with Crippen molar-refractivity contribution in [1.82, 2.24) is 4.90 Å². The van der Waals surface area contributed by atoms with Gasteiger partial charge in [0.2, 0.25) is 5.91 Å². The van der Waals surface area contributed by atoms with E-state index in [1.54, 1.807) is 0 Å². The maximum atomic E-state index is 12.5. The Labute approximate surface area is 115 Å². The molecule has 1 aromatic rings. The molecule has 19 heavy (non-hydrogen) atoms. The maximum absolute atomic E-state index is 12.5. The van der Waals surface area contributed by atoms with Crippen LogP contribution in [0.3, 0.4) is 0 Å². The number of nitrogens with zero attached hydrogens (tertiary/aromatic N) is 1. The van der Waals surface area contributed by atoms with Gasteiger partial charge in [0, 0.05) is 12.6 Å². The van der Waals surface area contributed by atoms with Gasteiger partial charge in [-0.25, -0.2) is 0 Å². The van der Waals surface area contributed by atoms with Crippen molar-refractivity contribution in [3.05, 3.63) is 35.9 Å². The van der Waals surface area contributed by atoms with Crippen molar-refractivity contribution in [3.8, 4) is 0 Å².